The highest BCUT2D eigenvalue weighted by Crippen LogP contribution is 2.35. The highest BCUT2D eigenvalue weighted by molar-refractivity contribution is 7.15. The molecule has 30 heavy (non-hydrogen) atoms. The summed E-state index contributed by atoms with van der Waals surface area (Å²) in [5.74, 6) is 2.01. The molecule has 1 aliphatic heterocycles. The smallest absolute Gasteiger partial charge is 0.231 e. The second kappa shape index (κ2) is 8.08. The lowest BCUT2D eigenvalue weighted by Crippen LogP contribution is -2.29. The molecule has 1 aliphatic rings. The first kappa shape index (κ1) is 18.5. The molecule has 2 aromatic heterocycles. The molecule has 0 saturated carbocycles. The van der Waals surface area contributed by atoms with Crippen LogP contribution in [0.15, 0.2) is 60.1 Å². The van der Waals surface area contributed by atoms with Crippen molar-refractivity contribution in [1.29, 1.82) is 0 Å². The molecule has 8 heteroatoms. The van der Waals surface area contributed by atoms with Gasteiger partial charge in [-0.25, -0.2) is 4.98 Å². The van der Waals surface area contributed by atoms with Gasteiger partial charge in [-0.3, -0.25) is 9.20 Å². The minimum absolute atomic E-state index is 0.0565. The molecule has 0 atom stereocenters. The number of nitrogens with zero attached hydrogens (tertiary/aromatic N) is 2. The van der Waals surface area contributed by atoms with Gasteiger partial charge in [-0.05, 0) is 12.1 Å². The van der Waals surface area contributed by atoms with E-state index in [0.29, 0.717) is 30.4 Å². The Kier molecular flexibility index (Phi) is 4.98. The standard InChI is InChI=1S/C22H19N3O4S/c26-21(23-8-9-27-17-6-7-19-20(11-17)29-14-28-19)10-16-13-30-22-24-18(12-25(16)22)15-4-2-1-3-5-15/h1-7,11-13H,8-10,14H2,(H,23,26). The average Bonchev–Trinajstić information content (AvgIpc) is 3.48. The minimum atomic E-state index is -0.0565. The summed E-state index contributed by atoms with van der Waals surface area (Å²) in [7, 11) is 0. The molecular formula is C22H19N3O4S. The van der Waals surface area contributed by atoms with E-state index in [0.717, 1.165) is 21.9 Å². The maximum absolute atomic E-state index is 12.4. The van der Waals surface area contributed by atoms with Crippen molar-refractivity contribution in [1.82, 2.24) is 14.7 Å². The quantitative estimate of drug-likeness (QED) is 0.462. The third-order valence-corrected chi connectivity index (χ3v) is 5.62. The first-order valence-corrected chi connectivity index (χ1v) is 10.4. The van der Waals surface area contributed by atoms with E-state index >= 15 is 0 Å². The van der Waals surface area contributed by atoms with Crippen molar-refractivity contribution in [3.05, 3.63) is 65.8 Å². The summed E-state index contributed by atoms with van der Waals surface area (Å²) in [6.07, 6.45) is 2.27. The van der Waals surface area contributed by atoms with Gasteiger partial charge in [-0.15, -0.1) is 11.3 Å². The number of carbonyl (C=O) groups excluding carboxylic acids is 1. The van der Waals surface area contributed by atoms with Crippen LogP contribution in [0.4, 0.5) is 0 Å². The Morgan fingerprint density at radius 1 is 1.17 bits per heavy atom. The molecule has 7 nitrogen and oxygen atoms in total. The Labute approximate surface area is 176 Å². The number of carbonyl (C=O) groups is 1. The van der Waals surface area contributed by atoms with E-state index < -0.39 is 0 Å². The molecular weight excluding hydrogens is 402 g/mol. The van der Waals surface area contributed by atoms with Gasteiger partial charge in [0, 0.05) is 28.9 Å². The largest absolute Gasteiger partial charge is 0.492 e. The zero-order valence-corrected chi connectivity index (χ0v) is 16.9. The molecule has 2 aromatic carbocycles. The number of hydrogen-bond donors (Lipinski definition) is 1. The lowest BCUT2D eigenvalue weighted by Gasteiger charge is -2.08. The molecule has 152 valence electrons. The van der Waals surface area contributed by atoms with Gasteiger partial charge >= 0.3 is 0 Å². The molecule has 5 rings (SSSR count). The van der Waals surface area contributed by atoms with Crippen LogP contribution < -0.4 is 19.5 Å². The summed E-state index contributed by atoms with van der Waals surface area (Å²) in [6.45, 7) is 1.02. The third kappa shape index (κ3) is 3.81. The molecule has 1 N–H and O–H groups in total. The van der Waals surface area contributed by atoms with Gasteiger partial charge in [0.15, 0.2) is 16.5 Å². The number of fused-ring (bicyclic) bond motifs is 2. The summed E-state index contributed by atoms with van der Waals surface area (Å²) in [5.41, 5.74) is 2.88. The van der Waals surface area contributed by atoms with E-state index in [-0.39, 0.29) is 19.1 Å². The van der Waals surface area contributed by atoms with Crippen molar-refractivity contribution < 1.29 is 19.0 Å². The number of benzene rings is 2. The van der Waals surface area contributed by atoms with Gasteiger partial charge in [0.2, 0.25) is 12.7 Å². The first-order valence-electron chi connectivity index (χ1n) is 9.56. The maximum atomic E-state index is 12.4. The van der Waals surface area contributed by atoms with Crippen molar-refractivity contribution in [3.63, 3.8) is 0 Å². The molecule has 0 saturated heterocycles. The average molecular weight is 421 g/mol. The van der Waals surface area contributed by atoms with E-state index in [1.165, 1.54) is 11.3 Å². The van der Waals surface area contributed by atoms with Crippen molar-refractivity contribution in [3.8, 4) is 28.5 Å². The first-order chi connectivity index (χ1) is 14.8. The number of nitrogens with one attached hydrogen (secondary N) is 1. The van der Waals surface area contributed by atoms with Gasteiger partial charge in [-0.1, -0.05) is 30.3 Å². The SMILES string of the molecule is O=C(Cc1csc2nc(-c3ccccc3)cn12)NCCOc1ccc2c(c1)OCO2. The van der Waals surface area contributed by atoms with Crippen LogP contribution in [0.25, 0.3) is 16.2 Å². The summed E-state index contributed by atoms with van der Waals surface area (Å²) in [4.78, 5) is 17.9. The zero-order chi connectivity index (χ0) is 20.3. The van der Waals surface area contributed by atoms with Crippen LogP contribution >= 0.6 is 11.3 Å². The predicted octanol–water partition coefficient (Wildman–Crippen LogP) is 3.53. The van der Waals surface area contributed by atoms with Gasteiger partial charge in [0.05, 0.1) is 18.7 Å². The van der Waals surface area contributed by atoms with Crippen molar-refractivity contribution in [2.24, 2.45) is 0 Å². The van der Waals surface area contributed by atoms with Gasteiger partial charge in [-0.2, -0.15) is 0 Å². The molecule has 0 radical (unpaired) electrons. The minimum Gasteiger partial charge on any atom is -0.492 e. The molecule has 0 unspecified atom stereocenters. The lowest BCUT2D eigenvalue weighted by atomic mass is 10.2. The zero-order valence-electron chi connectivity index (χ0n) is 16.0. The molecule has 4 aromatic rings. The van der Waals surface area contributed by atoms with Crippen LogP contribution in [0.3, 0.4) is 0 Å². The second-order valence-corrected chi connectivity index (χ2v) is 7.60. The fraction of sp³-hybridized carbons (Fsp3) is 0.182. The Morgan fingerprint density at radius 3 is 2.93 bits per heavy atom. The van der Waals surface area contributed by atoms with Crippen LogP contribution in [-0.2, 0) is 11.2 Å². The van der Waals surface area contributed by atoms with Crippen molar-refractivity contribution in [2.75, 3.05) is 19.9 Å². The molecule has 1 amide bonds. The molecule has 0 fully saturated rings. The maximum Gasteiger partial charge on any atom is 0.231 e. The Balaban J connectivity index is 1.15. The van der Waals surface area contributed by atoms with E-state index in [1.807, 2.05) is 58.4 Å². The van der Waals surface area contributed by atoms with E-state index in [9.17, 15) is 4.79 Å². The second-order valence-electron chi connectivity index (χ2n) is 6.76. The van der Waals surface area contributed by atoms with Crippen LogP contribution in [0, 0.1) is 0 Å². The van der Waals surface area contributed by atoms with Crippen LogP contribution in [0.1, 0.15) is 5.69 Å². The highest BCUT2D eigenvalue weighted by atomic mass is 32.1. The van der Waals surface area contributed by atoms with Crippen LogP contribution in [0.2, 0.25) is 0 Å². The number of hydrogen-bond acceptors (Lipinski definition) is 6. The number of rotatable bonds is 7. The predicted molar refractivity (Wildman–Crippen MR) is 113 cm³/mol. The summed E-state index contributed by atoms with van der Waals surface area (Å²) in [5, 5.41) is 4.87. The summed E-state index contributed by atoms with van der Waals surface area (Å²) in [6, 6.07) is 15.4. The normalized spacial score (nSPS) is 12.3. The number of thiazole rings is 1. The van der Waals surface area contributed by atoms with Crippen molar-refractivity contribution >= 4 is 22.2 Å². The highest BCUT2D eigenvalue weighted by Gasteiger charge is 2.14. The van der Waals surface area contributed by atoms with E-state index in [2.05, 4.69) is 10.3 Å². The summed E-state index contributed by atoms with van der Waals surface area (Å²) >= 11 is 1.53. The summed E-state index contributed by atoms with van der Waals surface area (Å²) < 4.78 is 18.3. The van der Waals surface area contributed by atoms with E-state index in [4.69, 9.17) is 14.2 Å². The lowest BCUT2D eigenvalue weighted by molar-refractivity contribution is -0.120. The molecule has 3 heterocycles. The number of amides is 1. The van der Waals surface area contributed by atoms with Gasteiger partial charge < -0.3 is 19.5 Å². The number of imidazole rings is 1. The fourth-order valence-corrected chi connectivity index (χ4v) is 4.13. The third-order valence-electron chi connectivity index (χ3n) is 4.73. The van der Waals surface area contributed by atoms with E-state index in [1.54, 1.807) is 6.07 Å². The van der Waals surface area contributed by atoms with Crippen LogP contribution in [-0.4, -0.2) is 35.2 Å². The van der Waals surface area contributed by atoms with Crippen molar-refractivity contribution in [2.45, 2.75) is 6.42 Å². The molecule has 0 aliphatic carbocycles. The Bertz CT molecular complexity index is 1190. The topological polar surface area (TPSA) is 74.1 Å². The molecule has 0 spiro atoms. The number of ether oxygens (including phenoxy) is 3. The Hall–Kier alpha value is -3.52. The number of aromatic nitrogens is 2. The van der Waals surface area contributed by atoms with Gasteiger partial charge in [0.25, 0.3) is 0 Å². The fourth-order valence-electron chi connectivity index (χ4n) is 3.26. The Morgan fingerprint density at radius 2 is 2.03 bits per heavy atom. The monoisotopic (exact) mass is 421 g/mol. The van der Waals surface area contributed by atoms with Gasteiger partial charge in [0.1, 0.15) is 12.4 Å². The van der Waals surface area contributed by atoms with Crippen LogP contribution in [0.5, 0.6) is 17.2 Å². The molecule has 0 bridgehead atoms.